The van der Waals surface area contributed by atoms with E-state index in [1.54, 1.807) is 25.4 Å². The highest BCUT2D eigenvalue weighted by Crippen LogP contribution is 2.51. The number of nitrogens with one attached hydrogen (secondary N) is 1. The first-order valence-electron chi connectivity index (χ1n) is 14.3. The number of benzene rings is 3. The van der Waals surface area contributed by atoms with Gasteiger partial charge in [0.25, 0.3) is 5.91 Å². The van der Waals surface area contributed by atoms with Crippen LogP contribution in [-0.4, -0.2) is 28.7 Å². The first-order valence-corrected chi connectivity index (χ1v) is 14.3. The van der Waals surface area contributed by atoms with Crippen molar-refractivity contribution in [2.24, 2.45) is 0 Å². The van der Waals surface area contributed by atoms with E-state index >= 15 is 0 Å². The number of Topliss-reactive ketones (excluding diaryl/α,β-unsaturated/α-hetero) is 1. The maximum absolute atomic E-state index is 13.7. The first-order chi connectivity index (χ1) is 20.8. The summed E-state index contributed by atoms with van der Waals surface area (Å²) in [6.45, 7) is 2.00. The number of aryl methyl sites for hydroxylation is 1. The minimum absolute atomic E-state index is 0.0655. The van der Waals surface area contributed by atoms with Crippen molar-refractivity contribution in [1.29, 1.82) is 0 Å². The Labute approximate surface area is 247 Å². The van der Waals surface area contributed by atoms with E-state index in [4.69, 9.17) is 9.40 Å². The lowest BCUT2D eigenvalue weighted by atomic mass is 9.89. The van der Waals surface area contributed by atoms with E-state index in [-0.39, 0.29) is 22.9 Å². The van der Waals surface area contributed by atoms with Crippen LogP contribution in [0.5, 0.6) is 0 Å². The summed E-state index contributed by atoms with van der Waals surface area (Å²) < 4.78 is 19.7. The number of halogens is 1. The Hall–Kier alpha value is -5.17. The van der Waals surface area contributed by atoms with E-state index in [1.165, 1.54) is 12.1 Å². The predicted molar refractivity (Wildman–Crippen MR) is 165 cm³/mol. The van der Waals surface area contributed by atoms with Crippen LogP contribution in [-0.2, 0) is 5.41 Å². The van der Waals surface area contributed by atoms with Gasteiger partial charge < -0.3 is 9.73 Å². The normalized spacial score (nSPS) is 13.7. The van der Waals surface area contributed by atoms with Crippen LogP contribution >= 0.6 is 0 Å². The SMILES string of the molecule is CNC(=O)c1c(-c2ccc(F)cc2)oc2ccc(-c3cc(C(=O)CC4(c5ccc6cccnc6n5)CC4)ccc3C)cc12. The molecule has 1 fully saturated rings. The van der Waals surface area contributed by atoms with Crippen molar-refractivity contribution in [3.05, 3.63) is 119 Å². The average molecular weight is 570 g/mol. The van der Waals surface area contributed by atoms with Gasteiger partial charge in [-0.1, -0.05) is 18.2 Å². The summed E-state index contributed by atoms with van der Waals surface area (Å²) in [6, 6.07) is 25.2. The number of carbonyl (C=O) groups is 2. The number of nitrogens with zero attached hydrogens (tertiary/aromatic N) is 2. The third-order valence-corrected chi connectivity index (χ3v) is 8.48. The highest BCUT2D eigenvalue weighted by atomic mass is 19.1. The minimum atomic E-state index is -0.369. The van der Waals surface area contributed by atoms with E-state index in [2.05, 4.69) is 10.3 Å². The molecule has 0 bridgehead atoms. The number of fused-ring (bicyclic) bond motifs is 2. The molecule has 3 aromatic heterocycles. The zero-order valence-electron chi connectivity index (χ0n) is 23.8. The molecule has 7 heteroatoms. The van der Waals surface area contributed by atoms with Gasteiger partial charge in [-0.3, -0.25) is 9.59 Å². The highest BCUT2D eigenvalue weighted by molar-refractivity contribution is 6.12. The van der Waals surface area contributed by atoms with E-state index in [0.29, 0.717) is 45.5 Å². The molecule has 1 aliphatic rings. The zero-order chi connectivity index (χ0) is 29.7. The van der Waals surface area contributed by atoms with E-state index < -0.39 is 0 Å². The molecule has 212 valence electrons. The van der Waals surface area contributed by atoms with Gasteiger partial charge in [-0.25, -0.2) is 14.4 Å². The fraction of sp³-hybridized carbons (Fsp3) is 0.167. The maximum Gasteiger partial charge on any atom is 0.255 e. The summed E-state index contributed by atoms with van der Waals surface area (Å²) in [5, 5.41) is 4.32. The van der Waals surface area contributed by atoms with Crippen LogP contribution in [0.15, 0.2) is 95.5 Å². The van der Waals surface area contributed by atoms with E-state index in [0.717, 1.165) is 40.6 Å². The van der Waals surface area contributed by atoms with Gasteiger partial charge >= 0.3 is 0 Å². The predicted octanol–water partition coefficient (Wildman–Crippen LogP) is 7.82. The van der Waals surface area contributed by atoms with Gasteiger partial charge in [0.15, 0.2) is 11.4 Å². The fourth-order valence-corrected chi connectivity index (χ4v) is 5.86. The molecule has 7 rings (SSSR count). The summed E-state index contributed by atoms with van der Waals surface area (Å²) in [5.41, 5.74) is 6.28. The van der Waals surface area contributed by atoms with E-state index in [9.17, 15) is 14.0 Å². The van der Waals surface area contributed by atoms with Crippen molar-refractivity contribution in [1.82, 2.24) is 15.3 Å². The van der Waals surface area contributed by atoms with Crippen molar-refractivity contribution in [2.75, 3.05) is 7.05 Å². The molecule has 1 saturated carbocycles. The Morgan fingerprint density at radius 1 is 0.953 bits per heavy atom. The number of rotatable bonds is 7. The van der Waals surface area contributed by atoms with Gasteiger partial charge in [-0.15, -0.1) is 0 Å². The number of furan rings is 1. The Kier molecular flexibility index (Phi) is 6.38. The molecule has 3 heterocycles. The lowest BCUT2D eigenvalue weighted by Gasteiger charge is -2.15. The molecule has 1 N–H and O–H groups in total. The number of hydrogen-bond acceptors (Lipinski definition) is 5. The average Bonchev–Trinajstić information content (AvgIpc) is 3.72. The number of ketones is 1. The number of hydrogen-bond donors (Lipinski definition) is 1. The smallest absolute Gasteiger partial charge is 0.255 e. The van der Waals surface area contributed by atoms with Crippen molar-refractivity contribution in [3.63, 3.8) is 0 Å². The van der Waals surface area contributed by atoms with Gasteiger partial charge in [0, 0.05) is 52.7 Å². The molecule has 0 saturated heterocycles. The topological polar surface area (TPSA) is 85.1 Å². The first kappa shape index (κ1) is 26.7. The molecule has 0 radical (unpaired) electrons. The fourth-order valence-electron chi connectivity index (χ4n) is 5.86. The number of carbonyl (C=O) groups excluding carboxylic acids is 2. The number of aromatic nitrogens is 2. The standard InChI is InChI=1S/C36H28FN3O3/c1-21-5-6-25(29(41)20-36(15-16-36)31-14-10-23-4-3-17-39-34(23)40-31)19-27(21)24-9-13-30-28(18-24)32(35(42)38-2)33(43-30)22-7-11-26(37)12-8-22/h3-14,17-19H,15-16,20H2,1-2H3,(H,38,42). The van der Waals surface area contributed by atoms with Crippen molar-refractivity contribution in [2.45, 2.75) is 31.6 Å². The van der Waals surface area contributed by atoms with Crippen LogP contribution in [0.2, 0.25) is 0 Å². The third kappa shape index (κ3) is 4.77. The minimum Gasteiger partial charge on any atom is -0.455 e. The second kappa shape index (κ2) is 10.3. The summed E-state index contributed by atoms with van der Waals surface area (Å²) in [6.07, 6.45) is 3.94. The van der Waals surface area contributed by atoms with Gasteiger partial charge in [0.1, 0.15) is 17.2 Å². The van der Waals surface area contributed by atoms with Gasteiger partial charge in [0.05, 0.1) is 5.56 Å². The summed E-state index contributed by atoms with van der Waals surface area (Å²) in [7, 11) is 1.56. The molecule has 0 spiro atoms. The van der Waals surface area contributed by atoms with Crippen LogP contribution < -0.4 is 5.32 Å². The van der Waals surface area contributed by atoms with Crippen molar-refractivity contribution < 1.29 is 18.4 Å². The molecule has 1 amide bonds. The molecule has 3 aromatic carbocycles. The quantitative estimate of drug-likeness (QED) is 0.198. The number of amides is 1. The lowest BCUT2D eigenvalue weighted by molar-refractivity contribution is 0.0958. The molecular formula is C36H28FN3O3. The largest absolute Gasteiger partial charge is 0.455 e. The van der Waals surface area contributed by atoms with Crippen LogP contribution in [0.3, 0.4) is 0 Å². The Balaban J connectivity index is 1.24. The molecule has 43 heavy (non-hydrogen) atoms. The second-order valence-corrected chi connectivity index (χ2v) is 11.3. The lowest BCUT2D eigenvalue weighted by Crippen LogP contribution is -2.18. The van der Waals surface area contributed by atoms with Crippen LogP contribution in [0.1, 0.15) is 51.2 Å². The third-order valence-electron chi connectivity index (χ3n) is 8.48. The molecule has 0 unspecified atom stereocenters. The molecule has 1 aliphatic carbocycles. The van der Waals surface area contributed by atoms with E-state index in [1.807, 2.05) is 67.6 Å². The maximum atomic E-state index is 13.7. The Bertz CT molecular complexity index is 2060. The van der Waals surface area contributed by atoms with Crippen LogP contribution in [0.4, 0.5) is 4.39 Å². The Morgan fingerprint density at radius 2 is 1.74 bits per heavy atom. The molecule has 0 aliphatic heterocycles. The van der Waals surface area contributed by atoms with Crippen LogP contribution in [0, 0.1) is 12.7 Å². The zero-order valence-corrected chi connectivity index (χ0v) is 23.8. The van der Waals surface area contributed by atoms with Crippen LogP contribution in [0.25, 0.3) is 44.5 Å². The van der Waals surface area contributed by atoms with Gasteiger partial charge in [0.2, 0.25) is 0 Å². The monoisotopic (exact) mass is 569 g/mol. The van der Waals surface area contributed by atoms with Crippen molar-refractivity contribution in [3.8, 4) is 22.5 Å². The Morgan fingerprint density at radius 3 is 2.51 bits per heavy atom. The molecular weight excluding hydrogens is 541 g/mol. The molecule has 6 nitrogen and oxygen atoms in total. The summed E-state index contributed by atoms with van der Waals surface area (Å²) in [4.78, 5) is 35.9. The summed E-state index contributed by atoms with van der Waals surface area (Å²) in [5.74, 6) is -0.232. The van der Waals surface area contributed by atoms with Gasteiger partial charge in [-0.05, 0) is 103 Å². The second-order valence-electron chi connectivity index (χ2n) is 11.3. The number of pyridine rings is 2. The highest BCUT2D eigenvalue weighted by Gasteiger charge is 2.47. The molecule has 6 aromatic rings. The van der Waals surface area contributed by atoms with Crippen molar-refractivity contribution >= 4 is 33.7 Å². The molecule has 0 atom stereocenters. The van der Waals surface area contributed by atoms with Gasteiger partial charge in [-0.2, -0.15) is 0 Å². The summed E-state index contributed by atoms with van der Waals surface area (Å²) >= 11 is 0.